The minimum Gasteiger partial charge on any atom is -0.390 e. The summed E-state index contributed by atoms with van der Waals surface area (Å²) in [5.41, 5.74) is 5.21. The molecule has 174 valence electrons. The molecule has 3 aromatic carbocycles. The Bertz CT molecular complexity index is 1500. The molecule has 8 heteroatoms. The molecule has 7 nitrogen and oxygen atoms in total. The van der Waals surface area contributed by atoms with Crippen LogP contribution >= 0.6 is 11.8 Å². The van der Waals surface area contributed by atoms with Crippen molar-refractivity contribution in [1.82, 2.24) is 25.2 Å². The maximum atomic E-state index is 12.9. The first-order chi connectivity index (χ1) is 17.1. The molecule has 0 unspecified atom stereocenters. The van der Waals surface area contributed by atoms with Crippen molar-refractivity contribution >= 4 is 11.8 Å². The van der Waals surface area contributed by atoms with Gasteiger partial charge in [0.1, 0.15) is 0 Å². The number of aliphatic hydroxyl groups excluding tert-OH is 1. The summed E-state index contributed by atoms with van der Waals surface area (Å²) < 4.78 is 1.96. The molecule has 0 radical (unpaired) electrons. The van der Waals surface area contributed by atoms with Crippen molar-refractivity contribution < 1.29 is 5.11 Å². The molecule has 2 N–H and O–H groups in total. The number of aliphatic hydroxyl groups is 1. The molecule has 0 atom stereocenters. The zero-order valence-corrected chi connectivity index (χ0v) is 19.9. The van der Waals surface area contributed by atoms with Gasteiger partial charge >= 0.3 is 0 Å². The average molecular weight is 482 g/mol. The van der Waals surface area contributed by atoms with Gasteiger partial charge in [-0.05, 0) is 41.0 Å². The van der Waals surface area contributed by atoms with Gasteiger partial charge in [-0.1, -0.05) is 78.5 Å². The zero-order chi connectivity index (χ0) is 24.2. The lowest BCUT2D eigenvalue weighted by Crippen LogP contribution is -2.19. The Morgan fingerprint density at radius 2 is 1.66 bits per heavy atom. The van der Waals surface area contributed by atoms with Crippen LogP contribution in [0.1, 0.15) is 16.8 Å². The van der Waals surface area contributed by atoms with Crippen molar-refractivity contribution in [3.8, 4) is 22.5 Å². The highest BCUT2D eigenvalue weighted by Crippen LogP contribution is 2.31. The Labute approximate surface area is 206 Å². The van der Waals surface area contributed by atoms with Crippen molar-refractivity contribution in [3.63, 3.8) is 0 Å². The van der Waals surface area contributed by atoms with Gasteiger partial charge in [0.2, 0.25) is 5.82 Å². The molecule has 35 heavy (non-hydrogen) atoms. The first-order valence-corrected chi connectivity index (χ1v) is 11.9. The topological polar surface area (TPSA) is 96.7 Å². The second-order valence-electron chi connectivity index (χ2n) is 8.10. The molecule has 0 aliphatic carbocycles. The zero-order valence-electron chi connectivity index (χ0n) is 19.0. The highest BCUT2D eigenvalue weighted by Gasteiger charge is 2.16. The van der Waals surface area contributed by atoms with Crippen LogP contribution in [0.2, 0.25) is 0 Å². The maximum absolute atomic E-state index is 12.9. The van der Waals surface area contributed by atoms with E-state index in [1.54, 1.807) is 0 Å². The standard InChI is InChI=1S/C27H23N5O2S/c1-18-15-32(24(17-33)26(25(18)34)35-21-7-3-2-4-8-21)16-19-11-13-20(14-12-19)22-9-5-6-10-23(22)27-28-30-31-29-27/h2-15,33H,16-17H2,1H3,(H,28,29,30,31). The lowest BCUT2D eigenvalue weighted by Gasteiger charge is -2.17. The number of tetrazole rings is 1. The van der Waals surface area contributed by atoms with Crippen LogP contribution in [0.4, 0.5) is 0 Å². The Morgan fingerprint density at radius 3 is 2.34 bits per heavy atom. The average Bonchev–Trinajstić information content (AvgIpc) is 3.43. The third-order valence-corrected chi connectivity index (χ3v) is 6.90. The molecule has 2 heterocycles. The van der Waals surface area contributed by atoms with Gasteiger partial charge in [0, 0.05) is 28.8 Å². The molecule has 0 spiro atoms. The van der Waals surface area contributed by atoms with Crippen molar-refractivity contribution in [1.29, 1.82) is 0 Å². The summed E-state index contributed by atoms with van der Waals surface area (Å²) in [6.07, 6.45) is 1.82. The summed E-state index contributed by atoms with van der Waals surface area (Å²) in [6.45, 7) is 2.12. The number of H-pyrrole nitrogens is 1. The van der Waals surface area contributed by atoms with Gasteiger partial charge in [0.25, 0.3) is 0 Å². The number of benzene rings is 3. The SMILES string of the molecule is Cc1cn(Cc2ccc(-c3ccccc3-c3nn[nH]n3)cc2)c(CO)c(Sc2ccccc2)c1=O. The van der Waals surface area contributed by atoms with E-state index in [2.05, 4.69) is 44.9 Å². The lowest BCUT2D eigenvalue weighted by molar-refractivity contribution is 0.266. The summed E-state index contributed by atoms with van der Waals surface area (Å²) in [6, 6.07) is 25.9. The number of nitrogens with one attached hydrogen (secondary N) is 1. The van der Waals surface area contributed by atoms with E-state index in [1.807, 2.05) is 72.3 Å². The van der Waals surface area contributed by atoms with Crippen LogP contribution in [0.15, 0.2) is 99.6 Å². The van der Waals surface area contributed by atoms with E-state index < -0.39 is 0 Å². The monoisotopic (exact) mass is 481 g/mol. The van der Waals surface area contributed by atoms with Crippen molar-refractivity contribution in [2.24, 2.45) is 0 Å². The van der Waals surface area contributed by atoms with Crippen LogP contribution < -0.4 is 5.43 Å². The fourth-order valence-electron chi connectivity index (χ4n) is 4.02. The number of aryl methyl sites for hydroxylation is 1. The molecule has 0 amide bonds. The van der Waals surface area contributed by atoms with E-state index in [0.29, 0.717) is 28.5 Å². The second-order valence-corrected chi connectivity index (χ2v) is 9.18. The van der Waals surface area contributed by atoms with E-state index in [9.17, 15) is 9.90 Å². The molecule has 0 aliphatic heterocycles. The Morgan fingerprint density at radius 1 is 0.943 bits per heavy atom. The van der Waals surface area contributed by atoms with E-state index in [-0.39, 0.29) is 12.0 Å². The number of aromatic amines is 1. The molecule has 5 rings (SSSR count). The molecule has 0 bridgehead atoms. The van der Waals surface area contributed by atoms with Gasteiger partial charge < -0.3 is 9.67 Å². The van der Waals surface area contributed by atoms with E-state index >= 15 is 0 Å². The molecular formula is C27H23N5O2S. The first kappa shape index (κ1) is 22.8. The van der Waals surface area contributed by atoms with Gasteiger partial charge in [-0.25, -0.2) is 0 Å². The van der Waals surface area contributed by atoms with Crippen LogP contribution in [0, 0.1) is 6.92 Å². The Balaban J connectivity index is 1.46. The van der Waals surface area contributed by atoms with Crippen LogP contribution in [-0.2, 0) is 13.2 Å². The van der Waals surface area contributed by atoms with Crippen molar-refractivity contribution in [2.75, 3.05) is 0 Å². The number of nitrogens with zero attached hydrogens (tertiary/aromatic N) is 4. The molecule has 0 fully saturated rings. The molecular weight excluding hydrogens is 458 g/mol. The molecule has 5 aromatic rings. The van der Waals surface area contributed by atoms with Crippen LogP contribution in [0.3, 0.4) is 0 Å². The fraction of sp³-hybridized carbons (Fsp3) is 0.111. The predicted octanol–water partition coefficient (Wildman–Crippen LogP) is 4.70. The number of aromatic nitrogens is 5. The van der Waals surface area contributed by atoms with Crippen LogP contribution in [0.25, 0.3) is 22.5 Å². The summed E-state index contributed by atoms with van der Waals surface area (Å²) in [5, 5.41) is 24.6. The smallest absolute Gasteiger partial charge is 0.205 e. The second kappa shape index (κ2) is 10.1. The van der Waals surface area contributed by atoms with Gasteiger partial charge in [-0.15, -0.1) is 10.2 Å². The van der Waals surface area contributed by atoms with E-state index in [0.717, 1.165) is 27.1 Å². The molecule has 0 aliphatic rings. The maximum Gasteiger partial charge on any atom is 0.205 e. The highest BCUT2D eigenvalue weighted by atomic mass is 32.2. The summed E-state index contributed by atoms with van der Waals surface area (Å²) in [5.74, 6) is 0.546. The first-order valence-electron chi connectivity index (χ1n) is 11.1. The normalized spacial score (nSPS) is 11.0. The van der Waals surface area contributed by atoms with E-state index in [1.165, 1.54) is 11.8 Å². The number of hydrogen-bond donors (Lipinski definition) is 2. The summed E-state index contributed by atoms with van der Waals surface area (Å²) in [7, 11) is 0. The highest BCUT2D eigenvalue weighted by molar-refractivity contribution is 7.99. The van der Waals surface area contributed by atoms with E-state index in [4.69, 9.17) is 0 Å². The third-order valence-electron chi connectivity index (χ3n) is 5.77. The molecule has 2 aromatic heterocycles. The van der Waals surface area contributed by atoms with Crippen LogP contribution in [0.5, 0.6) is 0 Å². The molecule has 0 saturated carbocycles. The quantitative estimate of drug-likeness (QED) is 0.350. The van der Waals surface area contributed by atoms with Crippen molar-refractivity contribution in [3.05, 3.63) is 112 Å². The molecule has 0 saturated heterocycles. The summed E-state index contributed by atoms with van der Waals surface area (Å²) in [4.78, 5) is 14.4. The van der Waals surface area contributed by atoms with Crippen molar-refractivity contribution in [2.45, 2.75) is 29.9 Å². The van der Waals surface area contributed by atoms with Gasteiger partial charge in [0.05, 0.1) is 17.2 Å². The van der Waals surface area contributed by atoms with Gasteiger partial charge in [-0.2, -0.15) is 5.21 Å². The Hall–Kier alpha value is -4.01. The summed E-state index contributed by atoms with van der Waals surface area (Å²) >= 11 is 1.39. The fourth-order valence-corrected chi connectivity index (χ4v) is 5.10. The largest absolute Gasteiger partial charge is 0.390 e. The predicted molar refractivity (Wildman–Crippen MR) is 136 cm³/mol. The lowest BCUT2D eigenvalue weighted by atomic mass is 9.98. The number of rotatable bonds is 7. The van der Waals surface area contributed by atoms with Gasteiger partial charge in [-0.3, -0.25) is 4.79 Å². The van der Waals surface area contributed by atoms with Gasteiger partial charge in [0.15, 0.2) is 5.43 Å². The third kappa shape index (κ3) is 4.80. The minimum atomic E-state index is -0.221. The Kier molecular flexibility index (Phi) is 6.56. The number of pyridine rings is 1. The minimum absolute atomic E-state index is 0.0485. The number of hydrogen-bond acceptors (Lipinski definition) is 6. The van der Waals surface area contributed by atoms with Crippen LogP contribution in [-0.4, -0.2) is 30.3 Å².